The molecule has 0 aromatic carbocycles. The molecule has 5 heteroatoms. The zero-order valence-electron chi connectivity index (χ0n) is 4.33. The molecule has 0 radical (unpaired) electrons. The fourth-order valence-corrected chi connectivity index (χ4v) is 0.157. The molecule has 0 aliphatic carbocycles. The Balaban J connectivity index is 3.75. The number of hydrogen-bond donors (Lipinski definition) is 1. The van der Waals surface area contributed by atoms with Gasteiger partial charge in [-0.15, -0.1) is 0 Å². The molecular weight excluding hydrogens is 112 g/mol. The summed E-state index contributed by atoms with van der Waals surface area (Å²) in [4.78, 5) is 13.8. The number of nitrogens with two attached hydrogens (primary N) is 1. The molecule has 0 unspecified atom stereocenters. The Labute approximate surface area is 45.9 Å². The molecule has 0 saturated carbocycles. The largest absolute Gasteiger partial charge is 0.406 e. The maximum absolute atomic E-state index is 9.96. The van der Waals surface area contributed by atoms with Crippen molar-refractivity contribution in [3.8, 4) is 0 Å². The van der Waals surface area contributed by atoms with Crippen molar-refractivity contribution in [2.45, 2.75) is 0 Å². The standard InChI is InChI=1S/C3H6N2O3/c1-8-5(7)2-3(4)6/h2H,1H3,(H2,4,6)/b5-2+. The molecule has 46 valence electrons. The summed E-state index contributed by atoms with van der Waals surface area (Å²) in [6.07, 6.45) is 0.583. The second-order valence-corrected chi connectivity index (χ2v) is 0.999. The molecule has 2 N–H and O–H groups in total. The first-order valence-electron chi connectivity index (χ1n) is 1.81. The third-order valence-corrected chi connectivity index (χ3v) is 0.413. The highest BCUT2D eigenvalue weighted by atomic mass is 16.8. The van der Waals surface area contributed by atoms with Gasteiger partial charge in [-0.2, -0.15) is 0 Å². The minimum atomic E-state index is -0.832. The zero-order valence-corrected chi connectivity index (χ0v) is 4.33. The fraction of sp³-hybridized carbons (Fsp3) is 0.333. The van der Waals surface area contributed by atoms with Gasteiger partial charge in [0.2, 0.25) is 0 Å². The van der Waals surface area contributed by atoms with Crippen LogP contribution < -0.4 is 5.73 Å². The smallest absolute Gasteiger partial charge is 0.311 e. The van der Waals surface area contributed by atoms with E-state index < -0.39 is 5.91 Å². The van der Waals surface area contributed by atoms with Gasteiger partial charge in [-0.3, -0.25) is 10.0 Å². The van der Waals surface area contributed by atoms with E-state index >= 15 is 0 Å². The first-order chi connectivity index (χ1) is 3.66. The van der Waals surface area contributed by atoms with E-state index in [1.54, 1.807) is 0 Å². The lowest BCUT2D eigenvalue weighted by atomic mass is 10.7. The summed E-state index contributed by atoms with van der Waals surface area (Å²) in [5.41, 5.74) is 4.55. The van der Waals surface area contributed by atoms with Gasteiger partial charge in [0.15, 0.2) is 0 Å². The van der Waals surface area contributed by atoms with Crippen LogP contribution in [-0.2, 0) is 9.63 Å². The van der Waals surface area contributed by atoms with Crippen molar-refractivity contribution in [2.75, 3.05) is 7.11 Å². The lowest BCUT2D eigenvalue weighted by Gasteiger charge is -1.91. The molecule has 0 aliphatic heterocycles. The van der Waals surface area contributed by atoms with E-state index in [0.29, 0.717) is 6.21 Å². The van der Waals surface area contributed by atoms with Gasteiger partial charge >= 0.3 is 5.91 Å². The maximum atomic E-state index is 9.96. The Morgan fingerprint density at radius 1 is 2.00 bits per heavy atom. The monoisotopic (exact) mass is 118 g/mol. The van der Waals surface area contributed by atoms with Gasteiger partial charge in [0.25, 0.3) is 6.21 Å². The molecular formula is C3H6N2O3. The van der Waals surface area contributed by atoms with E-state index in [-0.39, 0.29) is 4.90 Å². The predicted octanol–water partition coefficient (Wildman–Crippen LogP) is -1.39. The first-order valence-corrected chi connectivity index (χ1v) is 1.81. The van der Waals surface area contributed by atoms with Crippen LogP contribution in [0, 0.1) is 5.21 Å². The van der Waals surface area contributed by atoms with Crippen molar-refractivity contribution in [3.63, 3.8) is 0 Å². The van der Waals surface area contributed by atoms with Crippen molar-refractivity contribution in [1.82, 2.24) is 0 Å². The molecule has 0 spiro atoms. The molecule has 8 heavy (non-hydrogen) atoms. The number of carbonyl (C=O) groups is 1. The highest BCUT2D eigenvalue weighted by molar-refractivity contribution is 6.23. The van der Waals surface area contributed by atoms with E-state index in [4.69, 9.17) is 0 Å². The third kappa shape index (κ3) is 2.95. The van der Waals surface area contributed by atoms with Crippen molar-refractivity contribution in [1.29, 1.82) is 0 Å². The number of primary amides is 1. The van der Waals surface area contributed by atoms with Crippen LogP contribution in [0.3, 0.4) is 0 Å². The number of nitrogens with zero attached hydrogens (tertiary/aromatic N) is 1. The lowest BCUT2D eigenvalue weighted by Crippen LogP contribution is -2.18. The lowest BCUT2D eigenvalue weighted by molar-refractivity contribution is -0.729. The summed E-state index contributed by atoms with van der Waals surface area (Å²) < 4.78 is 0. The fourth-order valence-electron chi connectivity index (χ4n) is 0.157. The van der Waals surface area contributed by atoms with Gasteiger partial charge in [-0.25, -0.2) is 0 Å². The van der Waals surface area contributed by atoms with Crippen LogP contribution in [0.2, 0.25) is 0 Å². The molecule has 0 bridgehead atoms. The summed E-state index contributed by atoms with van der Waals surface area (Å²) in [6.45, 7) is 0. The highest BCUT2D eigenvalue weighted by Gasteiger charge is 1.93. The van der Waals surface area contributed by atoms with Gasteiger partial charge in [0.05, 0.1) is 0 Å². The second-order valence-electron chi connectivity index (χ2n) is 0.999. The molecule has 0 rings (SSSR count). The van der Waals surface area contributed by atoms with Crippen molar-refractivity contribution in [2.24, 2.45) is 5.73 Å². The normalized spacial score (nSPS) is 10.9. The summed E-state index contributed by atoms with van der Waals surface area (Å²) in [5, 5.41) is 9.96. The summed E-state index contributed by atoms with van der Waals surface area (Å²) in [7, 11) is 1.13. The van der Waals surface area contributed by atoms with E-state index in [2.05, 4.69) is 10.6 Å². The Morgan fingerprint density at radius 2 is 2.50 bits per heavy atom. The minimum Gasteiger partial charge on any atom is -0.406 e. The van der Waals surface area contributed by atoms with Gasteiger partial charge in [0.1, 0.15) is 0 Å². The van der Waals surface area contributed by atoms with Crippen molar-refractivity contribution < 1.29 is 14.5 Å². The summed E-state index contributed by atoms with van der Waals surface area (Å²) in [6, 6.07) is 0. The molecule has 0 fully saturated rings. The van der Waals surface area contributed by atoms with E-state index in [1.807, 2.05) is 0 Å². The molecule has 0 atom stereocenters. The van der Waals surface area contributed by atoms with Gasteiger partial charge < -0.3 is 10.6 Å². The topological polar surface area (TPSA) is 78.4 Å². The Bertz CT molecular complexity index is 120. The second kappa shape index (κ2) is 2.84. The van der Waals surface area contributed by atoms with Gasteiger partial charge in [0, 0.05) is 12.0 Å². The van der Waals surface area contributed by atoms with Gasteiger partial charge in [-0.1, -0.05) is 0 Å². The van der Waals surface area contributed by atoms with Gasteiger partial charge in [-0.05, 0) is 0 Å². The first kappa shape index (κ1) is 6.74. The van der Waals surface area contributed by atoms with Crippen LogP contribution in [0.5, 0.6) is 0 Å². The van der Waals surface area contributed by atoms with Crippen LogP contribution in [0.25, 0.3) is 0 Å². The number of carbonyl (C=O) groups excluding carboxylic acids is 1. The number of rotatable bonds is 2. The molecule has 1 amide bonds. The van der Waals surface area contributed by atoms with E-state index in [9.17, 15) is 10.0 Å². The van der Waals surface area contributed by atoms with E-state index in [1.165, 1.54) is 0 Å². The molecule has 0 saturated heterocycles. The van der Waals surface area contributed by atoms with Crippen LogP contribution >= 0.6 is 0 Å². The Kier molecular flexibility index (Phi) is 2.39. The summed E-state index contributed by atoms with van der Waals surface area (Å²) >= 11 is 0. The quantitative estimate of drug-likeness (QED) is 0.275. The SMILES string of the molecule is CO/[N+]([O-])=C/C(N)=O. The van der Waals surface area contributed by atoms with Crippen LogP contribution in [0.15, 0.2) is 0 Å². The molecule has 5 nitrogen and oxygen atoms in total. The highest BCUT2D eigenvalue weighted by Crippen LogP contribution is 1.63. The van der Waals surface area contributed by atoms with Crippen LogP contribution in [-0.4, -0.2) is 24.1 Å². The Hall–Kier alpha value is -1.26. The zero-order chi connectivity index (χ0) is 6.57. The predicted molar refractivity (Wildman–Crippen MR) is 25.9 cm³/mol. The van der Waals surface area contributed by atoms with E-state index in [0.717, 1.165) is 7.11 Å². The maximum Gasteiger partial charge on any atom is 0.311 e. The molecule has 0 aromatic rings. The number of hydrogen-bond acceptors (Lipinski definition) is 3. The minimum absolute atomic E-state index is 0.0255. The molecule has 0 aliphatic rings. The van der Waals surface area contributed by atoms with Crippen molar-refractivity contribution in [3.05, 3.63) is 5.21 Å². The molecule has 0 heterocycles. The summed E-state index contributed by atoms with van der Waals surface area (Å²) in [5.74, 6) is -0.832. The third-order valence-electron chi connectivity index (χ3n) is 0.413. The van der Waals surface area contributed by atoms with Crippen LogP contribution in [0.1, 0.15) is 0 Å². The number of amides is 1. The average Bonchev–Trinajstić information content (AvgIpc) is 1.65. The molecule has 0 aromatic heterocycles. The van der Waals surface area contributed by atoms with Crippen LogP contribution in [0.4, 0.5) is 0 Å². The van der Waals surface area contributed by atoms with Crippen molar-refractivity contribution >= 4 is 12.1 Å². The Morgan fingerprint density at radius 3 is 2.62 bits per heavy atom. The average molecular weight is 118 g/mol.